The van der Waals surface area contributed by atoms with Crippen molar-refractivity contribution in [3.8, 4) is 5.75 Å². The molecule has 5 nitrogen and oxygen atoms in total. The minimum atomic E-state index is -0.0111. The van der Waals surface area contributed by atoms with E-state index in [9.17, 15) is 4.79 Å². The van der Waals surface area contributed by atoms with Gasteiger partial charge in [-0.1, -0.05) is 32.0 Å². The molecular weight excluding hydrogens is 280 g/mol. The number of benzene rings is 1. The molecule has 0 bridgehead atoms. The molecule has 0 saturated carbocycles. The number of para-hydroxylation sites is 1. The fraction of sp³-hybridized carbons (Fsp3) is 0.588. The van der Waals surface area contributed by atoms with Crippen molar-refractivity contribution in [3.63, 3.8) is 0 Å². The summed E-state index contributed by atoms with van der Waals surface area (Å²) in [4.78, 5) is 14.3. The van der Waals surface area contributed by atoms with Gasteiger partial charge < -0.3 is 14.8 Å². The van der Waals surface area contributed by atoms with Gasteiger partial charge in [-0.25, -0.2) is 0 Å². The Labute approximate surface area is 132 Å². The molecule has 1 aromatic rings. The van der Waals surface area contributed by atoms with E-state index >= 15 is 0 Å². The maximum Gasteiger partial charge on any atom is 0.222 e. The molecule has 1 aliphatic heterocycles. The van der Waals surface area contributed by atoms with Crippen LogP contribution in [0, 0.1) is 5.92 Å². The lowest BCUT2D eigenvalue weighted by atomic mass is 10.0. The second kappa shape index (κ2) is 8.15. The summed E-state index contributed by atoms with van der Waals surface area (Å²) in [5.74, 6) is 0.925. The maximum atomic E-state index is 11.9. The molecule has 1 heterocycles. The molecular formula is C17H26N2O3. The Bertz CT molecular complexity index is 485. The second-order valence-electron chi connectivity index (χ2n) is 5.81. The van der Waals surface area contributed by atoms with E-state index in [4.69, 9.17) is 9.47 Å². The molecule has 1 unspecified atom stereocenters. The molecule has 2 rings (SSSR count). The van der Waals surface area contributed by atoms with E-state index < -0.39 is 0 Å². The number of nitrogens with one attached hydrogen (secondary N) is 1. The average molecular weight is 306 g/mol. The normalized spacial score (nSPS) is 17.3. The highest BCUT2D eigenvalue weighted by Crippen LogP contribution is 2.29. The minimum Gasteiger partial charge on any atom is -0.496 e. The number of hydrogen-bond donors (Lipinski definition) is 1. The summed E-state index contributed by atoms with van der Waals surface area (Å²) in [7, 11) is 1.68. The van der Waals surface area contributed by atoms with Gasteiger partial charge in [-0.2, -0.15) is 0 Å². The third-order valence-electron chi connectivity index (χ3n) is 3.98. The molecule has 1 atom stereocenters. The molecule has 22 heavy (non-hydrogen) atoms. The Morgan fingerprint density at radius 2 is 2.00 bits per heavy atom. The molecule has 1 N–H and O–H groups in total. The summed E-state index contributed by atoms with van der Waals surface area (Å²) in [6.07, 6.45) is 0. The minimum absolute atomic E-state index is 0.0111. The highest BCUT2D eigenvalue weighted by Gasteiger charge is 2.25. The van der Waals surface area contributed by atoms with Crippen molar-refractivity contribution in [2.45, 2.75) is 19.9 Å². The highest BCUT2D eigenvalue weighted by atomic mass is 16.5. The number of morpholine rings is 1. The van der Waals surface area contributed by atoms with Crippen molar-refractivity contribution in [1.82, 2.24) is 10.2 Å². The fourth-order valence-corrected chi connectivity index (χ4v) is 2.67. The molecule has 1 aromatic carbocycles. The van der Waals surface area contributed by atoms with Gasteiger partial charge in [-0.15, -0.1) is 0 Å². The van der Waals surface area contributed by atoms with E-state index in [2.05, 4.69) is 16.3 Å². The van der Waals surface area contributed by atoms with Crippen LogP contribution in [0.2, 0.25) is 0 Å². The summed E-state index contributed by atoms with van der Waals surface area (Å²) in [6.45, 7) is 7.57. The molecule has 0 aliphatic carbocycles. The van der Waals surface area contributed by atoms with Crippen LogP contribution in [0.4, 0.5) is 0 Å². The first-order chi connectivity index (χ1) is 10.6. The largest absolute Gasteiger partial charge is 0.496 e. The van der Waals surface area contributed by atoms with Crippen molar-refractivity contribution in [2.24, 2.45) is 5.92 Å². The topological polar surface area (TPSA) is 50.8 Å². The Kier molecular flexibility index (Phi) is 6.21. The third-order valence-corrected chi connectivity index (χ3v) is 3.98. The van der Waals surface area contributed by atoms with E-state index in [0.717, 1.165) is 37.6 Å². The van der Waals surface area contributed by atoms with Gasteiger partial charge in [0.2, 0.25) is 5.91 Å². The summed E-state index contributed by atoms with van der Waals surface area (Å²) >= 11 is 0. The number of amides is 1. The smallest absolute Gasteiger partial charge is 0.222 e. The summed E-state index contributed by atoms with van der Waals surface area (Å²) in [5, 5.41) is 3.05. The Morgan fingerprint density at radius 1 is 1.32 bits per heavy atom. The molecule has 5 heteroatoms. The number of methoxy groups -OCH3 is 1. The van der Waals surface area contributed by atoms with Crippen LogP contribution in [0.1, 0.15) is 25.5 Å². The van der Waals surface area contributed by atoms with Crippen molar-refractivity contribution in [2.75, 3.05) is 40.0 Å². The number of ether oxygens (including phenoxy) is 2. The van der Waals surface area contributed by atoms with Gasteiger partial charge in [0.25, 0.3) is 0 Å². The van der Waals surface area contributed by atoms with Gasteiger partial charge in [0.1, 0.15) is 5.75 Å². The monoisotopic (exact) mass is 306 g/mol. The first-order valence-corrected chi connectivity index (χ1v) is 7.86. The van der Waals surface area contributed by atoms with Gasteiger partial charge in [-0.3, -0.25) is 9.69 Å². The van der Waals surface area contributed by atoms with Crippen LogP contribution in [0.3, 0.4) is 0 Å². The van der Waals surface area contributed by atoms with Crippen LogP contribution >= 0.6 is 0 Å². The number of carbonyl (C=O) groups excluding carboxylic acids is 1. The number of hydrogen-bond acceptors (Lipinski definition) is 4. The average Bonchev–Trinajstić information content (AvgIpc) is 2.56. The van der Waals surface area contributed by atoms with Crippen molar-refractivity contribution in [3.05, 3.63) is 29.8 Å². The van der Waals surface area contributed by atoms with Gasteiger partial charge in [-0.05, 0) is 6.07 Å². The van der Waals surface area contributed by atoms with E-state index in [0.29, 0.717) is 6.54 Å². The van der Waals surface area contributed by atoms with Crippen LogP contribution in [-0.4, -0.2) is 50.8 Å². The van der Waals surface area contributed by atoms with Crippen LogP contribution in [0.15, 0.2) is 24.3 Å². The zero-order valence-corrected chi connectivity index (χ0v) is 13.7. The van der Waals surface area contributed by atoms with Crippen LogP contribution in [0.25, 0.3) is 0 Å². The lowest BCUT2D eigenvalue weighted by Crippen LogP contribution is -2.44. The SMILES string of the molecule is COc1ccccc1C(CNC(=O)C(C)C)N1CCOCC1. The van der Waals surface area contributed by atoms with Crippen LogP contribution in [-0.2, 0) is 9.53 Å². The molecule has 1 saturated heterocycles. The van der Waals surface area contributed by atoms with Gasteiger partial charge in [0, 0.05) is 31.1 Å². The highest BCUT2D eigenvalue weighted by molar-refractivity contribution is 5.77. The molecule has 0 aromatic heterocycles. The maximum absolute atomic E-state index is 11.9. The lowest BCUT2D eigenvalue weighted by Gasteiger charge is -2.35. The van der Waals surface area contributed by atoms with Gasteiger partial charge in [0.05, 0.1) is 26.4 Å². The predicted octanol–water partition coefficient (Wildman–Crippen LogP) is 1.84. The lowest BCUT2D eigenvalue weighted by molar-refractivity contribution is -0.124. The van der Waals surface area contributed by atoms with E-state index in [1.54, 1.807) is 7.11 Å². The van der Waals surface area contributed by atoms with E-state index in [1.165, 1.54) is 0 Å². The molecule has 1 amide bonds. The van der Waals surface area contributed by atoms with Crippen LogP contribution < -0.4 is 10.1 Å². The third kappa shape index (κ3) is 4.21. The molecule has 1 aliphatic rings. The fourth-order valence-electron chi connectivity index (χ4n) is 2.67. The standard InChI is InChI=1S/C17H26N2O3/c1-13(2)17(20)18-12-15(19-8-10-22-11-9-19)14-6-4-5-7-16(14)21-3/h4-7,13,15H,8-12H2,1-3H3,(H,18,20). The predicted molar refractivity (Wildman–Crippen MR) is 86.0 cm³/mol. The molecule has 0 spiro atoms. The van der Waals surface area contributed by atoms with Crippen molar-refractivity contribution >= 4 is 5.91 Å². The first kappa shape index (κ1) is 16.8. The van der Waals surface area contributed by atoms with Gasteiger partial charge >= 0.3 is 0 Å². The molecule has 1 fully saturated rings. The van der Waals surface area contributed by atoms with Gasteiger partial charge in [0.15, 0.2) is 0 Å². The summed E-state index contributed by atoms with van der Waals surface area (Å²) in [6, 6.07) is 8.11. The number of rotatable bonds is 6. The number of carbonyl (C=O) groups is 1. The second-order valence-corrected chi connectivity index (χ2v) is 5.81. The summed E-state index contributed by atoms with van der Waals surface area (Å²) < 4.78 is 10.9. The van der Waals surface area contributed by atoms with Crippen molar-refractivity contribution in [1.29, 1.82) is 0 Å². The molecule has 0 radical (unpaired) electrons. The Hall–Kier alpha value is -1.59. The zero-order chi connectivity index (χ0) is 15.9. The van der Waals surface area contributed by atoms with E-state index in [1.807, 2.05) is 32.0 Å². The quantitative estimate of drug-likeness (QED) is 0.871. The van der Waals surface area contributed by atoms with Crippen LogP contribution in [0.5, 0.6) is 5.75 Å². The van der Waals surface area contributed by atoms with E-state index in [-0.39, 0.29) is 17.9 Å². The molecule has 122 valence electrons. The Balaban J connectivity index is 2.18. The Morgan fingerprint density at radius 3 is 2.64 bits per heavy atom. The zero-order valence-electron chi connectivity index (χ0n) is 13.7. The summed E-state index contributed by atoms with van der Waals surface area (Å²) in [5.41, 5.74) is 1.11. The number of nitrogens with zero attached hydrogens (tertiary/aromatic N) is 1. The first-order valence-electron chi connectivity index (χ1n) is 7.86. The van der Waals surface area contributed by atoms with Crippen molar-refractivity contribution < 1.29 is 14.3 Å².